The summed E-state index contributed by atoms with van der Waals surface area (Å²) in [5.41, 5.74) is 6.61. The summed E-state index contributed by atoms with van der Waals surface area (Å²) >= 11 is 0. The predicted molar refractivity (Wildman–Crippen MR) is 81.8 cm³/mol. The van der Waals surface area contributed by atoms with Crippen LogP contribution in [-0.2, 0) is 9.47 Å². The van der Waals surface area contributed by atoms with E-state index in [1.807, 2.05) is 0 Å². The van der Waals surface area contributed by atoms with Gasteiger partial charge in [0.15, 0.2) is 0 Å². The third-order valence-electron chi connectivity index (χ3n) is 5.47. The lowest BCUT2D eigenvalue weighted by Gasteiger charge is -2.60. The SMILES string of the molecule is CCOC1CC(N)(CN(C)CC2CCOCC2)C1(C)C. The average Bonchev–Trinajstić information content (AvgIpc) is 2.39. The van der Waals surface area contributed by atoms with Crippen LogP contribution in [0, 0.1) is 11.3 Å². The van der Waals surface area contributed by atoms with Gasteiger partial charge in [-0.2, -0.15) is 0 Å². The Balaban J connectivity index is 1.82. The van der Waals surface area contributed by atoms with Crippen molar-refractivity contribution in [3.05, 3.63) is 0 Å². The van der Waals surface area contributed by atoms with Gasteiger partial charge in [-0.3, -0.25) is 0 Å². The highest BCUT2D eigenvalue weighted by atomic mass is 16.5. The van der Waals surface area contributed by atoms with Gasteiger partial charge in [0.05, 0.1) is 6.10 Å². The fraction of sp³-hybridized carbons (Fsp3) is 1.00. The molecule has 2 atom stereocenters. The molecule has 4 heteroatoms. The number of ether oxygens (including phenoxy) is 2. The van der Waals surface area contributed by atoms with E-state index < -0.39 is 0 Å². The molecule has 1 saturated carbocycles. The monoisotopic (exact) mass is 284 g/mol. The highest BCUT2D eigenvalue weighted by Gasteiger charge is 2.58. The second-order valence-electron chi connectivity index (χ2n) is 7.28. The first-order valence-corrected chi connectivity index (χ1v) is 8.06. The zero-order chi connectivity index (χ0) is 14.8. The average molecular weight is 284 g/mol. The predicted octanol–water partition coefficient (Wildman–Crippen LogP) is 1.88. The van der Waals surface area contributed by atoms with Gasteiger partial charge in [0.25, 0.3) is 0 Å². The lowest BCUT2D eigenvalue weighted by Crippen LogP contribution is -2.73. The Hall–Kier alpha value is -0.160. The molecule has 1 aliphatic heterocycles. The van der Waals surface area contributed by atoms with E-state index in [4.69, 9.17) is 15.2 Å². The number of rotatable bonds is 6. The zero-order valence-corrected chi connectivity index (χ0v) is 13.7. The fourth-order valence-corrected chi connectivity index (χ4v) is 3.69. The van der Waals surface area contributed by atoms with Crippen LogP contribution in [0.1, 0.15) is 40.0 Å². The maximum Gasteiger partial charge on any atom is 0.0662 e. The molecule has 4 nitrogen and oxygen atoms in total. The molecule has 0 aromatic carbocycles. The van der Waals surface area contributed by atoms with E-state index in [-0.39, 0.29) is 11.0 Å². The van der Waals surface area contributed by atoms with Crippen LogP contribution < -0.4 is 5.73 Å². The van der Waals surface area contributed by atoms with Crippen molar-refractivity contribution in [1.29, 1.82) is 0 Å². The summed E-state index contributed by atoms with van der Waals surface area (Å²) in [7, 11) is 2.20. The first-order valence-electron chi connectivity index (χ1n) is 8.06. The van der Waals surface area contributed by atoms with Crippen molar-refractivity contribution in [3.63, 3.8) is 0 Å². The third-order valence-corrected chi connectivity index (χ3v) is 5.47. The Morgan fingerprint density at radius 3 is 2.50 bits per heavy atom. The molecule has 1 heterocycles. The molecule has 2 aliphatic rings. The summed E-state index contributed by atoms with van der Waals surface area (Å²) in [6.45, 7) is 11.3. The van der Waals surface area contributed by atoms with Gasteiger partial charge in [0, 0.05) is 43.9 Å². The Kier molecular flexibility index (Phi) is 5.11. The Morgan fingerprint density at radius 1 is 1.30 bits per heavy atom. The molecule has 1 saturated heterocycles. The lowest BCUT2D eigenvalue weighted by atomic mass is 9.54. The molecule has 1 aliphatic carbocycles. The number of likely N-dealkylation sites (N-methyl/N-ethyl adjacent to an activating group) is 1. The summed E-state index contributed by atoms with van der Waals surface area (Å²) in [5.74, 6) is 0.767. The molecule has 0 bridgehead atoms. The molecule has 20 heavy (non-hydrogen) atoms. The third kappa shape index (κ3) is 3.19. The normalized spacial score (nSPS) is 34.2. The quantitative estimate of drug-likeness (QED) is 0.809. The van der Waals surface area contributed by atoms with Crippen molar-refractivity contribution >= 4 is 0 Å². The number of nitrogens with zero attached hydrogens (tertiary/aromatic N) is 1. The van der Waals surface area contributed by atoms with Crippen LogP contribution in [0.25, 0.3) is 0 Å². The highest BCUT2D eigenvalue weighted by molar-refractivity contribution is 5.14. The van der Waals surface area contributed by atoms with E-state index in [0.29, 0.717) is 6.10 Å². The summed E-state index contributed by atoms with van der Waals surface area (Å²) in [5, 5.41) is 0. The Bertz CT molecular complexity index is 316. The Labute approximate surface area is 124 Å². The molecule has 0 aromatic heterocycles. The van der Waals surface area contributed by atoms with Crippen LogP contribution in [0.5, 0.6) is 0 Å². The topological polar surface area (TPSA) is 47.7 Å². The van der Waals surface area contributed by atoms with Gasteiger partial charge in [-0.15, -0.1) is 0 Å². The highest BCUT2D eigenvalue weighted by Crippen LogP contribution is 2.50. The number of hydrogen-bond donors (Lipinski definition) is 1. The minimum atomic E-state index is -0.118. The van der Waals surface area contributed by atoms with E-state index in [1.165, 1.54) is 12.8 Å². The smallest absolute Gasteiger partial charge is 0.0662 e. The van der Waals surface area contributed by atoms with Gasteiger partial charge in [-0.1, -0.05) is 13.8 Å². The maximum atomic E-state index is 6.66. The van der Waals surface area contributed by atoms with Crippen LogP contribution in [0.3, 0.4) is 0 Å². The van der Waals surface area contributed by atoms with Crippen LogP contribution in [0.15, 0.2) is 0 Å². The molecule has 0 radical (unpaired) electrons. The maximum absolute atomic E-state index is 6.66. The van der Waals surface area contributed by atoms with Gasteiger partial charge < -0.3 is 20.1 Å². The largest absolute Gasteiger partial charge is 0.381 e. The van der Waals surface area contributed by atoms with Gasteiger partial charge in [-0.25, -0.2) is 0 Å². The minimum Gasteiger partial charge on any atom is -0.381 e. The van der Waals surface area contributed by atoms with E-state index in [9.17, 15) is 0 Å². The summed E-state index contributed by atoms with van der Waals surface area (Å²) in [6.07, 6.45) is 3.67. The van der Waals surface area contributed by atoms with E-state index in [2.05, 4.69) is 32.7 Å². The van der Waals surface area contributed by atoms with Gasteiger partial charge in [-0.05, 0) is 39.2 Å². The van der Waals surface area contributed by atoms with Crippen LogP contribution in [0.4, 0.5) is 0 Å². The van der Waals surface area contributed by atoms with Gasteiger partial charge in [0.2, 0.25) is 0 Å². The molecular weight excluding hydrogens is 252 g/mol. The number of hydrogen-bond acceptors (Lipinski definition) is 4. The summed E-state index contributed by atoms with van der Waals surface area (Å²) in [4.78, 5) is 2.42. The standard InChI is InChI=1S/C16H32N2O2/c1-5-20-14-10-16(17,15(14,2)3)12-18(4)11-13-6-8-19-9-7-13/h13-14H,5-12,17H2,1-4H3. The molecule has 0 amide bonds. The summed E-state index contributed by atoms with van der Waals surface area (Å²) in [6, 6.07) is 0. The molecule has 0 spiro atoms. The second kappa shape index (κ2) is 6.30. The minimum absolute atomic E-state index is 0.0624. The molecule has 2 rings (SSSR count). The molecule has 2 unspecified atom stereocenters. The van der Waals surface area contributed by atoms with Gasteiger partial charge >= 0.3 is 0 Å². The van der Waals surface area contributed by atoms with Crippen LogP contribution in [0.2, 0.25) is 0 Å². The molecule has 2 fully saturated rings. The first-order chi connectivity index (χ1) is 9.39. The first kappa shape index (κ1) is 16.2. The molecule has 0 aromatic rings. The molecule has 2 N–H and O–H groups in total. The van der Waals surface area contributed by atoms with Crippen molar-refractivity contribution in [2.75, 3.05) is 40.0 Å². The summed E-state index contributed by atoms with van der Waals surface area (Å²) < 4.78 is 11.2. The van der Waals surface area contributed by atoms with Gasteiger partial charge in [0.1, 0.15) is 0 Å². The van der Waals surface area contributed by atoms with E-state index >= 15 is 0 Å². The second-order valence-corrected chi connectivity index (χ2v) is 7.28. The van der Waals surface area contributed by atoms with Crippen molar-refractivity contribution in [3.8, 4) is 0 Å². The van der Waals surface area contributed by atoms with E-state index in [1.54, 1.807) is 0 Å². The molecular formula is C16H32N2O2. The number of nitrogens with two attached hydrogens (primary N) is 1. The fourth-order valence-electron chi connectivity index (χ4n) is 3.69. The van der Waals surface area contributed by atoms with Crippen molar-refractivity contribution < 1.29 is 9.47 Å². The van der Waals surface area contributed by atoms with E-state index in [0.717, 1.165) is 45.2 Å². The zero-order valence-electron chi connectivity index (χ0n) is 13.7. The van der Waals surface area contributed by atoms with Crippen LogP contribution in [-0.4, -0.2) is 56.5 Å². The van der Waals surface area contributed by atoms with Crippen molar-refractivity contribution in [1.82, 2.24) is 4.90 Å². The Morgan fingerprint density at radius 2 is 1.95 bits per heavy atom. The van der Waals surface area contributed by atoms with Crippen molar-refractivity contribution in [2.24, 2.45) is 17.1 Å². The van der Waals surface area contributed by atoms with Crippen molar-refractivity contribution in [2.45, 2.75) is 51.7 Å². The molecule has 118 valence electrons. The van der Waals surface area contributed by atoms with Crippen LogP contribution >= 0.6 is 0 Å². The lowest BCUT2D eigenvalue weighted by molar-refractivity contribution is -0.156.